The summed E-state index contributed by atoms with van der Waals surface area (Å²) < 4.78 is 37.3. The van der Waals surface area contributed by atoms with Gasteiger partial charge < -0.3 is 5.73 Å². The van der Waals surface area contributed by atoms with Crippen LogP contribution in [-0.4, -0.2) is 11.0 Å². The number of halogens is 3. The zero-order chi connectivity index (χ0) is 10.8. The largest absolute Gasteiger partial charge is 0.418 e. The molecule has 0 radical (unpaired) electrons. The summed E-state index contributed by atoms with van der Waals surface area (Å²) in [5, 5.41) is 0. The number of rotatable bonds is 2. The summed E-state index contributed by atoms with van der Waals surface area (Å²) in [6.07, 6.45) is -1.97. The number of nitrogens with two attached hydrogens (primary N) is 1. The number of hydrogen-bond donors (Lipinski definition) is 1. The third kappa shape index (κ3) is 2.70. The van der Waals surface area contributed by atoms with Crippen LogP contribution in [0.3, 0.4) is 0 Å². The van der Waals surface area contributed by atoms with Crippen LogP contribution >= 0.6 is 0 Å². The second-order valence-electron chi connectivity index (χ2n) is 3.21. The molecule has 2 nitrogen and oxygen atoms in total. The first-order valence-electron chi connectivity index (χ1n) is 4.17. The lowest BCUT2D eigenvalue weighted by molar-refractivity contribution is -0.138. The third-order valence-corrected chi connectivity index (χ3v) is 1.76. The Balaban J connectivity index is 3.04. The third-order valence-electron chi connectivity index (χ3n) is 1.76. The van der Waals surface area contributed by atoms with Gasteiger partial charge in [0.15, 0.2) is 0 Å². The zero-order valence-corrected chi connectivity index (χ0v) is 7.67. The standard InChI is InChI=1S/C9H11F3N2/c1-6(13)4-7-2-3-14-5-8(7)9(10,11)12/h2-3,5-6H,4,13H2,1H3/t6-/m1/s1. The molecule has 0 fully saturated rings. The van der Waals surface area contributed by atoms with E-state index in [0.717, 1.165) is 6.20 Å². The number of hydrogen-bond acceptors (Lipinski definition) is 2. The van der Waals surface area contributed by atoms with Crippen LogP contribution in [-0.2, 0) is 12.6 Å². The molecule has 0 saturated carbocycles. The highest BCUT2D eigenvalue weighted by atomic mass is 19.4. The minimum absolute atomic E-state index is 0.197. The average molecular weight is 204 g/mol. The molecule has 5 heteroatoms. The van der Waals surface area contributed by atoms with Crippen LogP contribution in [0, 0.1) is 0 Å². The van der Waals surface area contributed by atoms with Crippen molar-refractivity contribution in [1.82, 2.24) is 4.98 Å². The van der Waals surface area contributed by atoms with Gasteiger partial charge in [-0.15, -0.1) is 0 Å². The van der Waals surface area contributed by atoms with Crippen molar-refractivity contribution in [3.8, 4) is 0 Å². The average Bonchev–Trinajstić information content (AvgIpc) is 2.01. The van der Waals surface area contributed by atoms with E-state index in [2.05, 4.69) is 4.98 Å². The van der Waals surface area contributed by atoms with Gasteiger partial charge in [0.05, 0.1) is 5.56 Å². The molecular formula is C9H11F3N2. The smallest absolute Gasteiger partial charge is 0.328 e. The SMILES string of the molecule is C[C@@H](N)Cc1ccncc1C(F)(F)F. The van der Waals surface area contributed by atoms with Gasteiger partial charge in [-0.05, 0) is 25.0 Å². The lowest BCUT2D eigenvalue weighted by Crippen LogP contribution is -2.20. The molecule has 0 spiro atoms. The van der Waals surface area contributed by atoms with Crippen molar-refractivity contribution in [3.63, 3.8) is 0 Å². The van der Waals surface area contributed by atoms with Crippen molar-refractivity contribution in [2.45, 2.75) is 25.6 Å². The van der Waals surface area contributed by atoms with Gasteiger partial charge in [-0.1, -0.05) is 0 Å². The summed E-state index contributed by atoms with van der Waals surface area (Å²) >= 11 is 0. The molecule has 0 aliphatic rings. The molecule has 14 heavy (non-hydrogen) atoms. The Morgan fingerprint density at radius 2 is 2.14 bits per heavy atom. The van der Waals surface area contributed by atoms with Crippen LogP contribution in [0.5, 0.6) is 0 Å². The van der Waals surface area contributed by atoms with Crippen LogP contribution in [0.1, 0.15) is 18.1 Å². The zero-order valence-electron chi connectivity index (χ0n) is 7.67. The summed E-state index contributed by atoms with van der Waals surface area (Å²) in [4.78, 5) is 3.46. The highest BCUT2D eigenvalue weighted by molar-refractivity contribution is 5.26. The van der Waals surface area contributed by atoms with Crippen molar-refractivity contribution in [3.05, 3.63) is 29.6 Å². The van der Waals surface area contributed by atoms with Gasteiger partial charge in [-0.3, -0.25) is 4.98 Å². The molecular weight excluding hydrogens is 193 g/mol. The van der Waals surface area contributed by atoms with Gasteiger partial charge in [-0.25, -0.2) is 0 Å². The highest BCUT2D eigenvalue weighted by Gasteiger charge is 2.33. The Hall–Kier alpha value is -1.10. The maximum atomic E-state index is 12.4. The van der Waals surface area contributed by atoms with Crippen molar-refractivity contribution < 1.29 is 13.2 Å². The fraction of sp³-hybridized carbons (Fsp3) is 0.444. The lowest BCUT2D eigenvalue weighted by atomic mass is 10.0. The Labute approximate surface area is 79.9 Å². The quantitative estimate of drug-likeness (QED) is 0.800. The molecule has 2 N–H and O–H groups in total. The van der Waals surface area contributed by atoms with Crippen LogP contribution in [0.15, 0.2) is 18.5 Å². The normalized spacial score (nSPS) is 14.1. The molecule has 1 atom stereocenters. The summed E-state index contributed by atoms with van der Waals surface area (Å²) in [5.41, 5.74) is 4.95. The summed E-state index contributed by atoms with van der Waals surface area (Å²) in [7, 11) is 0. The fourth-order valence-electron chi connectivity index (χ4n) is 1.20. The van der Waals surface area contributed by atoms with Gasteiger partial charge in [0.25, 0.3) is 0 Å². The Kier molecular flexibility index (Phi) is 3.10. The number of pyridine rings is 1. The summed E-state index contributed by atoms with van der Waals surface area (Å²) in [6, 6.07) is 1.06. The van der Waals surface area contributed by atoms with E-state index < -0.39 is 11.7 Å². The molecule has 78 valence electrons. The number of aromatic nitrogens is 1. The first kappa shape index (κ1) is 11.0. The number of alkyl halides is 3. The molecule has 1 rings (SSSR count). The number of nitrogens with zero attached hydrogens (tertiary/aromatic N) is 1. The van der Waals surface area contributed by atoms with Crippen LogP contribution in [0.25, 0.3) is 0 Å². The molecule has 0 aliphatic heterocycles. The van der Waals surface area contributed by atoms with Crippen molar-refractivity contribution in [1.29, 1.82) is 0 Å². The van der Waals surface area contributed by atoms with Gasteiger partial charge in [0.1, 0.15) is 0 Å². The van der Waals surface area contributed by atoms with E-state index in [9.17, 15) is 13.2 Å². The van der Waals surface area contributed by atoms with Crippen molar-refractivity contribution in [2.24, 2.45) is 5.73 Å². The first-order valence-corrected chi connectivity index (χ1v) is 4.17. The molecule has 0 amide bonds. The van der Waals surface area contributed by atoms with Gasteiger partial charge in [-0.2, -0.15) is 13.2 Å². The minimum atomic E-state index is -4.35. The molecule has 1 aromatic heterocycles. The minimum Gasteiger partial charge on any atom is -0.328 e. The Bertz CT molecular complexity index is 307. The van der Waals surface area contributed by atoms with E-state index in [4.69, 9.17) is 5.73 Å². The van der Waals surface area contributed by atoms with Crippen molar-refractivity contribution in [2.75, 3.05) is 0 Å². The molecule has 0 aromatic carbocycles. The van der Waals surface area contributed by atoms with Crippen LogP contribution in [0.4, 0.5) is 13.2 Å². The maximum absolute atomic E-state index is 12.4. The fourth-order valence-corrected chi connectivity index (χ4v) is 1.20. The maximum Gasteiger partial charge on any atom is 0.418 e. The van der Waals surface area contributed by atoms with Gasteiger partial charge in [0.2, 0.25) is 0 Å². The Morgan fingerprint density at radius 1 is 1.50 bits per heavy atom. The topological polar surface area (TPSA) is 38.9 Å². The molecule has 0 bridgehead atoms. The predicted octanol–water partition coefficient (Wildman–Crippen LogP) is 1.99. The van der Waals surface area contributed by atoms with Crippen LogP contribution in [0.2, 0.25) is 0 Å². The molecule has 0 aliphatic carbocycles. The van der Waals surface area contributed by atoms with E-state index in [1.165, 1.54) is 12.3 Å². The van der Waals surface area contributed by atoms with E-state index in [1.807, 2.05) is 0 Å². The molecule has 0 unspecified atom stereocenters. The first-order chi connectivity index (χ1) is 6.41. The van der Waals surface area contributed by atoms with E-state index in [-0.39, 0.29) is 18.0 Å². The van der Waals surface area contributed by atoms with Crippen molar-refractivity contribution >= 4 is 0 Å². The summed E-state index contributed by atoms with van der Waals surface area (Å²) in [6.45, 7) is 1.67. The van der Waals surface area contributed by atoms with E-state index in [0.29, 0.717) is 0 Å². The molecule has 1 aromatic rings. The highest BCUT2D eigenvalue weighted by Crippen LogP contribution is 2.31. The lowest BCUT2D eigenvalue weighted by Gasteiger charge is -2.13. The van der Waals surface area contributed by atoms with Gasteiger partial charge >= 0.3 is 6.18 Å². The monoisotopic (exact) mass is 204 g/mol. The molecule has 1 heterocycles. The predicted molar refractivity (Wildman–Crippen MR) is 46.6 cm³/mol. The van der Waals surface area contributed by atoms with Gasteiger partial charge in [0, 0.05) is 18.4 Å². The summed E-state index contributed by atoms with van der Waals surface area (Å²) in [5.74, 6) is 0. The second kappa shape index (κ2) is 3.96. The van der Waals surface area contributed by atoms with E-state index in [1.54, 1.807) is 6.92 Å². The van der Waals surface area contributed by atoms with Crippen LogP contribution < -0.4 is 5.73 Å². The Morgan fingerprint density at radius 3 is 2.64 bits per heavy atom. The second-order valence-corrected chi connectivity index (χ2v) is 3.21. The molecule has 0 saturated heterocycles. The van der Waals surface area contributed by atoms with E-state index >= 15 is 0 Å².